The van der Waals surface area contributed by atoms with Crippen LogP contribution in [0.4, 0.5) is 5.82 Å². The van der Waals surface area contributed by atoms with Crippen LogP contribution in [-0.2, 0) is 0 Å². The molecule has 78 valence electrons. The molecular formula is C11H13N3S. The number of nitrogens with one attached hydrogen (secondary N) is 1. The lowest BCUT2D eigenvalue weighted by Gasteiger charge is -2.11. The van der Waals surface area contributed by atoms with Gasteiger partial charge in [-0.2, -0.15) is 0 Å². The Morgan fingerprint density at radius 3 is 2.87 bits per heavy atom. The molecule has 0 radical (unpaired) electrons. The topological polar surface area (TPSA) is 37.8 Å². The standard InChI is InChI=1S/C11H13N3S/c1-8-3-4-12-10(7-8)14-9(2)11-13-5-6-15-11/h3-7,9H,1-2H3,(H,12,14). The Labute approximate surface area is 93.2 Å². The Bertz CT molecular complexity index is 425. The molecule has 2 rings (SSSR count). The fraction of sp³-hybridized carbons (Fsp3) is 0.273. The summed E-state index contributed by atoms with van der Waals surface area (Å²) in [6, 6.07) is 4.22. The molecule has 0 saturated carbocycles. The highest BCUT2D eigenvalue weighted by atomic mass is 32.1. The predicted octanol–water partition coefficient (Wildman–Crippen LogP) is 3.02. The summed E-state index contributed by atoms with van der Waals surface area (Å²) >= 11 is 1.65. The van der Waals surface area contributed by atoms with Gasteiger partial charge in [0.1, 0.15) is 10.8 Å². The molecule has 2 aromatic heterocycles. The molecule has 4 heteroatoms. The van der Waals surface area contributed by atoms with E-state index in [1.807, 2.05) is 29.9 Å². The highest BCUT2D eigenvalue weighted by molar-refractivity contribution is 7.09. The Balaban J connectivity index is 2.09. The molecule has 0 saturated heterocycles. The fourth-order valence-corrected chi connectivity index (χ4v) is 1.99. The minimum Gasteiger partial charge on any atom is -0.361 e. The van der Waals surface area contributed by atoms with Crippen LogP contribution in [0.25, 0.3) is 0 Å². The van der Waals surface area contributed by atoms with Crippen molar-refractivity contribution in [1.29, 1.82) is 0 Å². The molecule has 0 spiro atoms. The van der Waals surface area contributed by atoms with Crippen molar-refractivity contribution in [3.8, 4) is 0 Å². The molecule has 2 heterocycles. The van der Waals surface area contributed by atoms with E-state index >= 15 is 0 Å². The third kappa shape index (κ3) is 2.53. The highest BCUT2D eigenvalue weighted by Gasteiger charge is 2.07. The van der Waals surface area contributed by atoms with Crippen LogP contribution < -0.4 is 5.32 Å². The number of hydrogen-bond donors (Lipinski definition) is 1. The lowest BCUT2D eigenvalue weighted by Crippen LogP contribution is -2.07. The molecule has 0 bridgehead atoms. The molecule has 0 aliphatic carbocycles. The van der Waals surface area contributed by atoms with Crippen LogP contribution in [0.5, 0.6) is 0 Å². The molecule has 15 heavy (non-hydrogen) atoms. The molecule has 1 atom stereocenters. The van der Waals surface area contributed by atoms with Gasteiger partial charge in [0.05, 0.1) is 6.04 Å². The summed E-state index contributed by atoms with van der Waals surface area (Å²) in [7, 11) is 0. The van der Waals surface area contributed by atoms with E-state index < -0.39 is 0 Å². The summed E-state index contributed by atoms with van der Waals surface area (Å²) < 4.78 is 0. The van der Waals surface area contributed by atoms with Crippen LogP contribution in [0.3, 0.4) is 0 Å². The van der Waals surface area contributed by atoms with Crippen molar-refractivity contribution >= 4 is 17.2 Å². The predicted molar refractivity (Wildman–Crippen MR) is 63.1 cm³/mol. The molecule has 0 fully saturated rings. The van der Waals surface area contributed by atoms with Gasteiger partial charge >= 0.3 is 0 Å². The number of aryl methyl sites for hydroxylation is 1. The van der Waals surface area contributed by atoms with Crippen molar-refractivity contribution in [2.75, 3.05) is 5.32 Å². The van der Waals surface area contributed by atoms with Gasteiger partial charge in [-0.3, -0.25) is 0 Å². The van der Waals surface area contributed by atoms with Gasteiger partial charge < -0.3 is 5.32 Å². The summed E-state index contributed by atoms with van der Waals surface area (Å²) in [6.07, 6.45) is 3.63. The Hall–Kier alpha value is -1.42. The molecule has 0 aliphatic rings. The first kappa shape index (κ1) is 10.1. The smallest absolute Gasteiger partial charge is 0.126 e. The van der Waals surface area contributed by atoms with Crippen molar-refractivity contribution in [2.45, 2.75) is 19.9 Å². The Morgan fingerprint density at radius 1 is 1.33 bits per heavy atom. The zero-order valence-electron chi connectivity index (χ0n) is 8.77. The van der Waals surface area contributed by atoms with Gasteiger partial charge in [0.15, 0.2) is 0 Å². The van der Waals surface area contributed by atoms with E-state index in [-0.39, 0.29) is 6.04 Å². The monoisotopic (exact) mass is 219 g/mol. The normalized spacial score (nSPS) is 12.4. The van der Waals surface area contributed by atoms with Crippen LogP contribution in [0.1, 0.15) is 23.5 Å². The molecule has 1 unspecified atom stereocenters. The lowest BCUT2D eigenvalue weighted by atomic mass is 10.3. The van der Waals surface area contributed by atoms with Crippen molar-refractivity contribution in [3.63, 3.8) is 0 Å². The van der Waals surface area contributed by atoms with E-state index in [4.69, 9.17) is 0 Å². The van der Waals surface area contributed by atoms with Gasteiger partial charge in [-0.05, 0) is 31.5 Å². The third-order valence-corrected chi connectivity index (χ3v) is 3.06. The van der Waals surface area contributed by atoms with E-state index in [9.17, 15) is 0 Å². The van der Waals surface area contributed by atoms with Gasteiger partial charge in [0.2, 0.25) is 0 Å². The van der Waals surface area contributed by atoms with Crippen molar-refractivity contribution in [1.82, 2.24) is 9.97 Å². The van der Waals surface area contributed by atoms with Crippen LogP contribution in [-0.4, -0.2) is 9.97 Å². The van der Waals surface area contributed by atoms with Crippen molar-refractivity contribution in [3.05, 3.63) is 40.5 Å². The van der Waals surface area contributed by atoms with Crippen LogP contribution in [0, 0.1) is 6.92 Å². The number of nitrogens with zero attached hydrogens (tertiary/aromatic N) is 2. The van der Waals surface area contributed by atoms with Crippen molar-refractivity contribution < 1.29 is 0 Å². The van der Waals surface area contributed by atoms with E-state index in [1.54, 1.807) is 11.3 Å². The number of thiazole rings is 1. The lowest BCUT2D eigenvalue weighted by molar-refractivity contribution is 0.860. The van der Waals surface area contributed by atoms with E-state index in [0.717, 1.165) is 10.8 Å². The third-order valence-electron chi connectivity index (χ3n) is 2.10. The zero-order valence-corrected chi connectivity index (χ0v) is 9.58. The highest BCUT2D eigenvalue weighted by Crippen LogP contribution is 2.19. The molecule has 0 amide bonds. The summed E-state index contributed by atoms with van der Waals surface area (Å²) in [5, 5.41) is 6.39. The Kier molecular flexibility index (Phi) is 2.97. The van der Waals surface area contributed by atoms with E-state index in [2.05, 4.69) is 29.1 Å². The fourth-order valence-electron chi connectivity index (χ4n) is 1.35. The maximum Gasteiger partial charge on any atom is 0.126 e. The average molecular weight is 219 g/mol. The van der Waals surface area contributed by atoms with Gasteiger partial charge in [0.25, 0.3) is 0 Å². The van der Waals surface area contributed by atoms with E-state index in [0.29, 0.717) is 0 Å². The number of aromatic nitrogens is 2. The quantitative estimate of drug-likeness (QED) is 0.862. The second-order valence-electron chi connectivity index (χ2n) is 3.45. The first-order chi connectivity index (χ1) is 7.25. The Morgan fingerprint density at radius 2 is 2.20 bits per heavy atom. The summed E-state index contributed by atoms with van der Waals surface area (Å²) in [6.45, 7) is 4.14. The SMILES string of the molecule is Cc1ccnc(NC(C)c2nccs2)c1. The van der Waals surface area contributed by atoms with Gasteiger partial charge in [0, 0.05) is 17.8 Å². The molecule has 1 N–H and O–H groups in total. The van der Waals surface area contributed by atoms with E-state index in [1.165, 1.54) is 5.56 Å². The maximum absolute atomic E-state index is 4.26. The number of anilines is 1. The van der Waals surface area contributed by atoms with Gasteiger partial charge in [-0.15, -0.1) is 11.3 Å². The molecule has 3 nitrogen and oxygen atoms in total. The largest absolute Gasteiger partial charge is 0.361 e. The minimum absolute atomic E-state index is 0.208. The second kappa shape index (κ2) is 4.40. The first-order valence-corrected chi connectivity index (χ1v) is 5.72. The number of pyridine rings is 1. The van der Waals surface area contributed by atoms with Crippen LogP contribution in [0.15, 0.2) is 29.9 Å². The van der Waals surface area contributed by atoms with Gasteiger partial charge in [-0.1, -0.05) is 0 Å². The van der Waals surface area contributed by atoms with Crippen molar-refractivity contribution in [2.24, 2.45) is 0 Å². The molecule has 0 aliphatic heterocycles. The second-order valence-corrected chi connectivity index (χ2v) is 4.38. The number of rotatable bonds is 3. The summed E-state index contributed by atoms with van der Waals surface area (Å²) in [5.41, 5.74) is 1.21. The average Bonchev–Trinajstić information content (AvgIpc) is 2.70. The molecule has 0 aromatic carbocycles. The van der Waals surface area contributed by atoms with Gasteiger partial charge in [-0.25, -0.2) is 9.97 Å². The number of hydrogen-bond acceptors (Lipinski definition) is 4. The zero-order chi connectivity index (χ0) is 10.7. The van der Waals surface area contributed by atoms with Crippen LogP contribution >= 0.6 is 11.3 Å². The maximum atomic E-state index is 4.26. The molecular weight excluding hydrogens is 206 g/mol. The minimum atomic E-state index is 0.208. The van der Waals surface area contributed by atoms with Crippen LogP contribution in [0.2, 0.25) is 0 Å². The molecule has 2 aromatic rings. The summed E-state index contributed by atoms with van der Waals surface area (Å²) in [4.78, 5) is 8.52. The summed E-state index contributed by atoms with van der Waals surface area (Å²) in [5.74, 6) is 0.901. The first-order valence-electron chi connectivity index (χ1n) is 4.84.